The lowest BCUT2D eigenvalue weighted by Crippen LogP contribution is -2.53. The number of nitro groups is 1. The van der Waals surface area contributed by atoms with E-state index in [1.165, 1.54) is 6.07 Å². The van der Waals surface area contributed by atoms with Crippen molar-refractivity contribution in [2.24, 2.45) is 0 Å². The summed E-state index contributed by atoms with van der Waals surface area (Å²) in [6.45, 7) is 9.56. The molecule has 176 valence electrons. The molecule has 1 aromatic carbocycles. The van der Waals surface area contributed by atoms with Gasteiger partial charge in [0, 0.05) is 51.4 Å². The van der Waals surface area contributed by atoms with E-state index in [-0.39, 0.29) is 22.6 Å². The van der Waals surface area contributed by atoms with E-state index in [1.54, 1.807) is 18.2 Å². The Hall–Kier alpha value is -2.88. The van der Waals surface area contributed by atoms with Gasteiger partial charge in [-0.3, -0.25) is 19.8 Å². The number of piperazine rings is 1. The number of carbonyl (C=O) groups is 2. The van der Waals surface area contributed by atoms with Crippen molar-refractivity contribution in [3.05, 3.63) is 34.4 Å². The third-order valence-corrected chi connectivity index (χ3v) is 5.72. The molecule has 10 nitrogen and oxygen atoms in total. The Labute approximate surface area is 188 Å². The van der Waals surface area contributed by atoms with Crippen LogP contribution in [0, 0.1) is 10.1 Å². The fourth-order valence-corrected chi connectivity index (χ4v) is 4.08. The van der Waals surface area contributed by atoms with E-state index in [9.17, 15) is 19.7 Å². The Balaban J connectivity index is 1.42. The molecule has 2 amide bonds. The molecule has 0 atom stereocenters. The Morgan fingerprint density at radius 2 is 1.72 bits per heavy atom. The van der Waals surface area contributed by atoms with E-state index in [0.717, 1.165) is 25.9 Å². The summed E-state index contributed by atoms with van der Waals surface area (Å²) in [6.07, 6.45) is 1.15. The smallest absolute Gasteiger partial charge is 0.407 e. The number of rotatable bonds is 5. The fourth-order valence-electron chi connectivity index (χ4n) is 4.08. The van der Waals surface area contributed by atoms with E-state index in [4.69, 9.17) is 4.74 Å². The van der Waals surface area contributed by atoms with Crippen molar-refractivity contribution in [3.8, 4) is 0 Å². The van der Waals surface area contributed by atoms with Crippen LogP contribution in [-0.4, -0.2) is 84.2 Å². The number of hydrogen-bond acceptors (Lipinski definition) is 7. The van der Waals surface area contributed by atoms with E-state index >= 15 is 0 Å². The summed E-state index contributed by atoms with van der Waals surface area (Å²) in [5.41, 5.74) is 0.173. The predicted octanol–water partition coefficient (Wildman–Crippen LogP) is 2.23. The van der Waals surface area contributed by atoms with Gasteiger partial charge in [0.05, 0.1) is 11.5 Å². The van der Waals surface area contributed by atoms with Crippen molar-refractivity contribution < 1.29 is 19.2 Å². The summed E-state index contributed by atoms with van der Waals surface area (Å²) in [7, 11) is 0. The molecule has 0 bridgehead atoms. The fraction of sp³-hybridized carbons (Fsp3) is 0.636. The maximum absolute atomic E-state index is 12.8. The van der Waals surface area contributed by atoms with Gasteiger partial charge in [-0.25, -0.2) is 4.79 Å². The zero-order valence-electron chi connectivity index (χ0n) is 19.1. The molecule has 2 saturated heterocycles. The molecule has 2 heterocycles. The maximum atomic E-state index is 12.8. The summed E-state index contributed by atoms with van der Waals surface area (Å²) < 4.78 is 5.31. The number of hydrogen-bond donors (Lipinski definition) is 1. The zero-order valence-corrected chi connectivity index (χ0v) is 19.1. The second kappa shape index (κ2) is 10.2. The molecule has 2 aliphatic heterocycles. The first-order valence-electron chi connectivity index (χ1n) is 11.1. The summed E-state index contributed by atoms with van der Waals surface area (Å²) >= 11 is 0. The third-order valence-electron chi connectivity index (χ3n) is 5.72. The molecule has 0 unspecified atom stereocenters. The first-order valence-corrected chi connectivity index (χ1v) is 11.1. The molecule has 3 rings (SSSR count). The maximum Gasteiger partial charge on any atom is 0.407 e. The lowest BCUT2D eigenvalue weighted by atomic mass is 10.1. The van der Waals surface area contributed by atoms with Crippen molar-refractivity contribution in [3.63, 3.8) is 0 Å². The van der Waals surface area contributed by atoms with Crippen LogP contribution in [0.25, 0.3) is 0 Å². The highest BCUT2D eigenvalue weighted by Gasteiger charge is 2.28. The summed E-state index contributed by atoms with van der Waals surface area (Å²) in [5.74, 6) is 0.0748. The minimum absolute atomic E-state index is 0.0569. The molecule has 1 aromatic rings. The Morgan fingerprint density at radius 3 is 2.31 bits per heavy atom. The number of nitrogens with zero attached hydrogens (tertiary/aromatic N) is 4. The third kappa shape index (κ3) is 6.56. The van der Waals surface area contributed by atoms with Crippen LogP contribution in [0.15, 0.2) is 24.3 Å². The van der Waals surface area contributed by atoms with Gasteiger partial charge in [0.2, 0.25) is 5.91 Å². The number of ether oxygens (including phenoxy) is 1. The highest BCUT2D eigenvalue weighted by molar-refractivity contribution is 5.78. The number of benzene rings is 1. The number of piperidine rings is 1. The number of para-hydroxylation sites is 2. The molecule has 0 aliphatic carbocycles. The van der Waals surface area contributed by atoms with Crippen molar-refractivity contribution >= 4 is 23.4 Å². The van der Waals surface area contributed by atoms with E-state index in [2.05, 4.69) is 10.2 Å². The van der Waals surface area contributed by atoms with Crippen LogP contribution < -0.4 is 10.2 Å². The summed E-state index contributed by atoms with van der Waals surface area (Å²) in [5, 5.41) is 14.2. The normalized spacial score (nSPS) is 18.3. The highest BCUT2D eigenvalue weighted by atomic mass is 16.6. The van der Waals surface area contributed by atoms with Crippen LogP contribution >= 0.6 is 0 Å². The van der Waals surface area contributed by atoms with E-state index < -0.39 is 11.7 Å². The Bertz CT molecular complexity index is 824. The Kier molecular flexibility index (Phi) is 7.55. The number of nitro benzene ring substituents is 1. The van der Waals surface area contributed by atoms with Gasteiger partial charge in [-0.05, 0) is 39.7 Å². The minimum Gasteiger partial charge on any atom is -0.444 e. The van der Waals surface area contributed by atoms with Crippen molar-refractivity contribution in [1.82, 2.24) is 15.1 Å². The second-order valence-electron chi connectivity index (χ2n) is 9.31. The van der Waals surface area contributed by atoms with Crippen LogP contribution in [0.5, 0.6) is 0 Å². The number of likely N-dealkylation sites (tertiary alicyclic amines) is 1. The standard InChI is InChI=1S/C22H33N5O5/c1-22(2,3)32-21(29)23-17-8-10-24(11-9-17)16-20(28)26-14-12-25(13-15-26)18-6-4-5-7-19(18)27(30)31/h4-7,17H,8-16H2,1-3H3,(H,23,29). The van der Waals surface area contributed by atoms with Gasteiger partial charge >= 0.3 is 6.09 Å². The first kappa shape index (κ1) is 23.8. The van der Waals surface area contributed by atoms with Crippen LogP contribution in [0.1, 0.15) is 33.6 Å². The van der Waals surface area contributed by atoms with Gasteiger partial charge in [0.15, 0.2) is 0 Å². The predicted molar refractivity (Wildman–Crippen MR) is 121 cm³/mol. The van der Waals surface area contributed by atoms with Gasteiger partial charge in [-0.2, -0.15) is 0 Å². The SMILES string of the molecule is CC(C)(C)OC(=O)NC1CCN(CC(=O)N2CCN(c3ccccc3[N+](=O)[O-])CC2)CC1. The van der Waals surface area contributed by atoms with Gasteiger partial charge in [-0.1, -0.05) is 12.1 Å². The number of amides is 2. The molecule has 0 radical (unpaired) electrons. The van der Waals surface area contributed by atoms with Crippen LogP contribution in [0.2, 0.25) is 0 Å². The molecule has 0 spiro atoms. The first-order chi connectivity index (χ1) is 15.1. The second-order valence-corrected chi connectivity index (χ2v) is 9.31. The molecule has 0 aromatic heterocycles. The van der Waals surface area contributed by atoms with E-state index in [1.807, 2.05) is 30.6 Å². The van der Waals surface area contributed by atoms with Crippen LogP contribution in [0.3, 0.4) is 0 Å². The monoisotopic (exact) mass is 447 g/mol. The highest BCUT2D eigenvalue weighted by Crippen LogP contribution is 2.28. The average Bonchev–Trinajstić information content (AvgIpc) is 2.74. The van der Waals surface area contributed by atoms with E-state index in [0.29, 0.717) is 38.4 Å². The molecule has 0 saturated carbocycles. The number of alkyl carbamates (subject to hydrolysis) is 1. The van der Waals surface area contributed by atoms with Crippen LogP contribution in [-0.2, 0) is 9.53 Å². The van der Waals surface area contributed by atoms with Gasteiger partial charge < -0.3 is 19.9 Å². The lowest BCUT2D eigenvalue weighted by molar-refractivity contribution is -0.384. The van der Waals surface area contributed by atoms with Crippen LogP contribution in [0.4, 0.5) is 16.2 Å². The van der Waals surface area contributed by atoms with Gasteiger partial charge in [0.1, 0.15) is 11.3 Å². The zero-order chi connectivity index (χ0) is 23.3. The molecule has 32 heavy (non-hydrogen) atoms. The number of carbonyl (C=O) groups excluding carboxylic acids is 2. The topological polar surface area (TPSA) is 108 Å². The Morgan fingerprint density at radius 1 is 1.09 bits per heavy atom. The summed E-state index contributed by atoms with van der Waals surface area (Å²) in [6, 6.07) is 6.77. The molecule has 1 N–H and O–H groups in total. The molecular weight excluding hydrogens is 414 g/mol. The molecule has 10 heteroatoms. The molecule has 2 fully saturated rings. The van der Waals surface area contributed by atoms with Crippen molar-refractivity contribution in [2.75, 3.05) is 50.7 Å². The van der Waals surface area contributed by atoms with Gasteiger partial charge in [-0.15, -0.1) is 0 Å². The number of nitrogens with one attached hydrogen (secondary N) is 1. The summed E-state index contributed by atoms with van der Waals surface area (Å²) in [4.78, 5) is 41.5. The van der Waals surface area contributed by atoms with Gasteiger partial charge in [0.25, 0.3) is 5.69 Å². The van der Waals surface area contributed by atoms with Crippen molar-refractivity contribution in [1.29, 1.82) is 0 Å². The quantitative estimate of drug-likeness (QED) is 0.545. The van der Waals surface area contributed by atoms with Crippen molar-refractivity contribution in [2.45, 2.75) is 45.3 Å². The largest absolute Gasteiger partial charge is 0.444 e. The molecule has 2 aliphatic rings. The average molecular weight is 448 g/mol. The lowest BCUT2D eigenvalue weighted by Gasteiger charge is -2.38. The molecular formula is C22H33N5O5. The number of anilines is 1. The minimum atomic E-state index is -0.521.